The topological polar surface area (TPSA) is 0 Å². The van der Waals surface area contributed by atoms with Crippen LogP contribution in [0.15, 0.2) is 48.1 Å². The minimum absolute atomic E-state index is 0.793. The van der Waals surface area contributed by atoms with Crippen LogP contribution in [0, 0.1) is 17.8 Å². The van der Waals surface area contributed by atoms with Crippen LogP contribution in [0.4, 0.5) is 0 Å². The minimum atomic E-state index is 0.793. The van der Waals surface area contributed by atoms with Crippen LogP contribution in [-0.4, -0.2) is 0 Å². The van der Waals surface area contributed by atoms with Crippen LogP contribution in [0.1, 0.15) is 29.4 Å². The SMILES string of the molecule is C1=CCC2C(=C1)C1c3ccccc3C3C2C13. The van der Waals surface area contributed by atoms with E-state index in [1.54, 1.807) is 16.7 Å². The zero-order valence-corrected chi connectivity index (χ0v) is 9.14. The molecule has 16 heavy (non-hydrogen) atoms. The third-order valence-corrected chi connectivity index (χ3v) is 5.27. The highest BCUT2D eigenvalue weighted by molar-refractivity contribution is 5.57. The Hall–Kier alpha value is -1.30. The first-order chi connectivity index (χ1) is 7.97. The number of hydrogen-bond acceptors (Lipinski definition) is 0. The summed E-state index contributed by atoms with van der Waals surface area (Å²) in [5, 5.41) is 0. The largest absolute Gasteiger partial charge is 0.0839 e. The molecule has 2 fully saturated rings. The maximum absolute atomic E-state index is 2.41. The van der Waals surface area contributed by atoms with Gasteiger partial charge < -0.3 is 0 Å². The van der Waals surface area contributed by atoms with Gasteiger partial charge in [0.1, 0.15) is 0 Å². The van der Waals surface area contributed by atoms with Crippen molar-refractivity contribution in [2.24, 2.45) is 17.8 Å². The molecule has 4 aliphatic carbocycles. The van der Waals surface area contributed by atoms with Gasteiger partial charge in [-0.25, -0.2) is 0 Å². The lowest BCUT2D eigenvalue weighted by Gasteiger charge is -2.19. The van der Waals surface area contributed by atoms with Crippen molar-refractivity contribution in [1.29, 1.82) is 0 Å². The normalized spacial score (nSPS) is 44.8. The molecule has 0 heterocycles. The first-order valence-corrected chi connectivity index (χ1v) is 6.42. The summed E-state index contributed by atoms with van der Waals surface area (Å²) in [5.74, 6) is 4.58. The standard InChI is InChI=1S/C16H14/c1-3-7-11-9(5-1)13-10-6-2-4-8-12(10)15-14(11)16(13)15/h1-7,12-16H,8H2. The lowest BCUT2D eigenvalue weighted by atomic mass is 9.85. The number of benzene rings is 1. The van der Waals surface area contributed by atoms with Crippen molar-refractivity contribution >= 4 is 0 Å². The van der Waals surface area contributed by atoms with Crippen molar-refractivity contribution in [3.05, 3.63) is 59.2 Å². The van der Waals surface area contributed by atoms with Gasteiger partial charge in [-0.3, -0.25) is 0 Å². The van der Waals surface area contributed by atoms with Crippen molar-refractivity contribution in [1.82, 2.24) is 0 Å². The fourth-order valence-corrected chi connectivity index (χ4v) is 4.81. The highest BCUT2D eigenvalue weighted by Crippen LogP contribution is 2.78. The summed E-state index contributed by atoms with van der Waals surface area (Å²) in [6.45, 7) is 0. The fraction of sp³-hybridized carbons (Fsp3) is 0.375. The minimum Gasteiger partial charge on any atom is -0.0839 e. The third kappa shape index (κ3) is 0.676. The van der Waals surface area contributed by atoms with Crippen LogP contribution in [0.5, 0.6) is 0 Å². The first-order valence-electron chi connectivity index (χ1n) is 6.42. The van der Waals surface area contributed by atoms with Gasteiger partial charge in [0.25, 0.3) is 0 Å². The van der Waals surface area contributed by atoms with E-state index < -0.39 is 0 Å². The molecule has 0 nitrogen and oxygen atoms in total. The van der Waals surface area contributed by atoms with Crippen LogP contribution >= 0.6 is 0 Å². The van der Waals surface area contributed by atoms with Crippen LogP contribution in [-0.2, 0) is 0 Å². The molecule has 0 saturated heterocycles. The van der Waals surface area contributed by atoms with Crippen molar-refractivity contribution in [3.8, 4) is 0 Å². The summed E-state index contributed by atoms with van der Waals surface area (Å²) in [5.41, 5.74) is 5.08. The Bertz CT molecular complexity index is 545. The zero-order chi connectivity index (χ0) is 10.3. The molecule has 1 aromatic carbocycles. The van der Waals surface area contributed by atoms with Gasteiger partial charge in [0, 0.05) is 5.92 Å². The molecule has 0 spiro atoms. The Balaban J connectivity index is 1.77. The number of allylic oxidation sites excluding steroid dienone is 4. The number of hydrogen-bond donors (Lipinski definition) is 0. The molecule has 0 aromatic heterocycles. The predicted molar refractivity (Wildman–Crippen MR) is 64.2 cm³/mol. The molecular weight excluding hydrogens is 192 g/mol. The number of fused-ring (bicyclic) bond motifs is 7. The van der Waals surface area contributed by atoms with E-state index in [1.165, 1.54) is 6.42 Å². The summed E-state index contributed by atoms with van der Waals surface area (Å²) < 4.78 is 0. The van der Waals surface area contributed by atoms with E-state index in [1.807, 2.05) is 0 Å². The summed E-state index contributed by atoms with van der Waals surface area (Å²) in [6, 6.07) is 9.17. The second-order valence-corrected chi connectivity index (χ2v) is 5.72. The van der Waals surface area contributed by atoms with Crippen molar-refractivity contribution in [2.75, 3.05) is 0 Å². The monoisotopic (exact) mass is 206 g/mol. The smallest absolute Gasteiger partial charge is 0.00944 e. The zero-order valence-electron chi connectivity index (χ0n) is 9.14. The Morgan fingerprint density at radius 1 is 1.00 bits per heavy atom. The Morgan fingerprint density at radius 2 is 1.88 bits per heavy atom. The summed E-state index contributed by atoms with van der Waals surface area (Å²) >= 11 is 0. The van der Waals surface area contributed by atoms with Gasteiger partial charge >= 0.3 is 0 Å². The average Bonchev–Trinajstić information content (AvgIpc) is 2.88. The first kappa shape index (κ1) is 7.89. The molecule has 0 amide bonds. The molecule has 5 rings (SSSR count). The maximum Gasteiger partial charge on any atom is 0.00944 e. The number of rotatable bonds is 0. The van der Waals surface area contributed by atoms with E-state index in [2.05, 4.69) is 42.5 Å². The Kier molecular flexibility index (Phi) is 1.16. The maximum atomic E-state index is 2.41. The molecular formula is C16H14. The molecule has 5 atom stereocenters. The third-order valence-electron chi connectivity index (χ3n) is 5.27. The lowest BCUT2D eigenvalue weighted by Crippen LogP contribution is -2.07. The molecule has 5 unspecified atom stereocenters. The summed E-state index contributed by atoms with van der Waals surface area (Å²) in [4.78, 5) is 0. The molecule has 1 aromatic rings. The van der Waals surface area contributed by atoms with Gasteiger partial charge in [0.05, 0.1) is 0 Å². The van der Waals surface area contributed by atoms with Crippen LogP contribution in [0.2, 0.25) is 0 Å². The molecule has 0 radical (unpaired) electrons. The second-order valence-electron chi connectivity index (χ2n) is 5.72. The van der Waals surface area contributed by atoms with E-state index in [4.69, 9.17) is 0 Å². The van der Waals surface area contributed by atoms with Crippen LogP contribution in [0.3, 0.4) is 0 Å². The van der Waals surface area contributed by atoms with Gasteiger partial charge in [-0.1, -0.05) is 48.1 Å². The van der Waals surface area contributed by atoms with Crippen LogP contribution < -0.4 is 0 Å². The van der Waals surface area contributed by atoms with Gasteiger partial charge in [0.2, 0.25) is 0 Å². The van der Waals surface area contributed by atoms with Gasteiger partial charge in [-0.05, 0) is 41.2 Å². The highest BCUT2D eigenvalue weighted by atomic mass is 14.7. The van der Waals surface area contributed by atoms with Gasteiger partial charge in [-0.2, -0.15) is 0 Å². The average molecular weight is 206 g/mol. The van der Waals surface area contributed by atoms with Crippen molar-refractivity contribution in [3.63, 3.8) is 0 Å². The predicted octanol–water partition coefficient (Wildman–Crippen LogP) is 3.63. The van der Waals surface area contributed by atoms with E-state index in [0.717, 1.165) is 29.6 Å². The van der Waals surface area contributed by atoms with Crippen molar-refractivity contribution in [2.45, 2.75) is 18.3 Å². The quantitative estimate of drug-likeness (QED) is 0.608. The molecule has 0 aliphatic heterocycles. The highest BCUT2D eigenvalue weighted by Gasteiger charge is 2.69. The van der Waals surface area contributed by atoms with Gasteiger partial charge in [0.15, 0.2) is 0 Å². The van der Waals surface area contributed by atoms with E-state index in [9.17, 15) is 0 Å². The fourth-order valence-electron chi connectivity index (χ4n) is 4.81. The van der Waals surface area contributed by atoms with Crippen LogP contribution in [0.25, 0.3) is 0 Å². The Morgan fingerprint density at radius 3 is 2.81 bits per heavy atom. The van der Waals surface area contributed by atoms with Crippen molar-refractivity contribution < 1.29 is 0 Å². The van der Waals surface area contributed by atoms with E-state index in [-0.39, 0.29) is 0 Å². The van der Waals surface area contributed by atoms with Gasteiger partial charge in [-0.15, -0.1) is 0 Å². The lowest BCUT2D eigenvalue weighted by molar-refractivity contribution is 0.554. The van der Waals surface area contributed by atoms with E-state index >= 15 is 0 Å². The molecule has 4 aliphatic rings. The molecule has 0 bridgehead atoms. The summed E-state index contributed by atoms with van der Waals surface area (Å²) in [7, 11) is 0. The molecule has 0 N–H and O–H groups in total. The summed E-state index contributed by atoms with van der Waals surface area (Å²) in [6.07, 6.45) is 8.34. The van der Waals surface area contributed by atoms with E-state index in [0.29, 0.717) is 0 Å². The second kappa shape index (κ2) is 2.34. The Labute approximate surface area is 95.7 Å². The molecule has 2 saturated carbocycles. The molecule has 0 heteroatoms. The molecule has 78 valence electrons.